The van der Waals surface area contributed by atoms with Crippen LogP contribution < -0.4 is 0 Å². The molecule has 1 heterocycles. The molecule has 2 aromatic rings. The Hall–Kier alpha value is -0.280. The Labute approximate surface area is 109 Å². The molecule has 0 unspecified atom stereocenters. The van der Waals surface area contributed by atoms with Crippen molar-refractivity contribution in [2.45, 2.75) is 20.5 Å². The zero-order chi connectivity index (χ0) is 11.7. The fourth-order valence-corrected chi connectivity index (χ4v) is 3.25. The van der Waals surface area contributed by atoms with Gasteiger partial charge in [-0.15, -0.1) is 11.3 Å². The van der Waals surface area contributed by atoms with E-state index >= 15 is 0 Å². The summed E-state index contributed by atoms with van der Waals surface area (Å²) in [4.78, 5) is 1.24. The van der Waals surface area contributed by atoms with Crippen molar-refractivity contribution in [1.29, 1.82) is 0 Å². The number of thiophene rings is 1. The monoisotopic (exact) mass is 274 g/mol. The number of rotatable bonds is 3. The van der Waals surface area contributed by atoms with Crippen molar-refractivity contribution in [2.24, 2.45) is 0 Å². The predicted octanol–water partition coefficient (Wildman–Crippen LogP) is 5.05. The SMILES string of the molecule is CCOCc1c(C)sc2ccc(Cl)c(Cl)c12. The first kappa shape index (κ1) is 12.2. The van der Waals surface area contributed by atoms with Crippen molar-refractivity contribution in [3.8, 4) is 0 Å². The van der Waals surface area contributed by atoms with Crippen molar-refractivity contribution >= 4 is 44.6 Å². The lowest BCUT2D eigenvalue weighted by molar-refractivity contribution is 0.135. The van der Waals surface area contributed by atoms with Crippen molar-refractivity contribution in [2.75, 3.05) is 6.61 Å². The van der Waals surface area contributed by atoms with Crippen LogP contribution in [0.2, 0.25) is 10.0 Å². The summed E-state index contributed by atoms with van der Waals surface area (Å²) >= 11 is 14.0. The quantitative estimate of drug-likeness (QED) is 0.761. The van der Waals surface area contributed by atoms with Crippen molar-refractivity contribution < 1.29 is 4.74 Å². The first-order valence-corrected chi connectivity index (χ1v) is 6.66. The van der Waals surface area contributed by atoms with Gasteiger partial charge in [-0.05, 0) is 26.0 Å². The Balaban J connectivity index is 2.61. The van der Waals surface area contributed by atoms with Gasteiger partial charge in [-0.3, -0.25) is 0 Å². The molecule has 0 aliphatic heterocycles. The van der Waals surface area contributed by atoms with E-state index < -0.39 is 0 Å². The minimum atomic E-state index is 0.600. The van der Waals surface area contributed by atoms with E-state index in [1.807, 2.05) is 19.1 Å². The van der Waals surface area contributed by atoms with Gasteiger partial charge in [-0.25, -0.2) is 0 Å². The van der Waals surface area contributed by atoms with Crippen LogP contribution in [0.4, 0.5) is 0 Å². The number of hydrogen-bond donors (Lipinski definition) is 0. The van der Waals surface area contributed by atoms with Gasteiger partial charge in [0.25, 0.3) is 0 Å². The molecular weight excluding hydrogens is 263 g/mol. The lowest BCUT2D eigenvalue weighted by atomic mass is 10.1. The van der Waals surface area contributed by atoms with Crippen LogP contribution in [0.25, 0.3) is 10.1 Å². The van der Waals surface area contributed by atoms with E-state index in [-0.39, 0.29) is 0 Å². The van der Waals surface area contributed by atoms with Gasteiger partial charge in [-0.2, -0.15) is 0 Å². The summed E-state index contributed by atoms with van der Waals surface area (Å²) in [5.41, 5.74) is 1.16. The number of fused-ring (bicyclic) bond motifs is 1. The molecule has 0 saturated carbocycles. The first-order valence-electron chi connectivity index (χ1n) is 5.08. The van der Waals surface area contributed by atoms with E-state index in [1.54, 1.807) is 11.3 Å². The van der Waals surface area contributed by atoms with Gasteiger partial charge in [0.15, 0.2) is 0 Å². The molecule has 1 aromatic carbocycles. The second kappa shape index (κ2) is 4.92. The average molecular weight is 275 g/mol. The number of aryl methyl sites for hydroxylation is 1. The van der Waals surface area contributed by atoms with Crippen LogP contribution in [0.15, 0.2) is 12.1 Å². The first-order chi connectivity index (χ1) is 7.65. The summed E-state index contributed by atoms with van der Waals surface area (Å²) in [5, 5.41) is 2.29. The second-order valence-electron chi connectivity index (χ2n) is 3.51. The molecule has 0 fully saturated rings. The standard InChI is InChI=1S/C12H12Cl2OS/c1-3-15-6-8-7(2)16-10-5-4-9(13)12(14)11(8)10/h4-5H,3,6H2,1-2H3. The smallest absolute Gasteiger partial charge is 0.0734 e. The predicted molar refractivity (Wildman–Crippen MR) is 71.9 cm³/mol. The summed E-state index contributed by atoms with van der Waals surface area (Å²) < 4.78 is 6.63. The van der Waals surface area contributed by atoms with Crippen LogP contribution in [0.5, 0.6) is 0 Å². The number of hydrogen-bond acceptors (Lipinski definition) is 2. The Morgan fingerprint density at radius 2 is 2.06 bits per heavy atom. The van der Waals surface area contributed by atoms with Crippen LogP contribution >= 0.6 is 34.5 Å². The molecule has 0 aliphatic rings. The summed E-state index contributed by atoms with van der Waals surface area (Å²) in [6.45, 7) is 5.37. The van der Waals surface area contributed by atoms with Gasteiger partial charge >= 0.3 is 0 Å². The molecule has 16 heavy (non-hydrogen) atoms. The van der Waals surface area contributed by atoms with Gasteiger partial charge in [-0.1, -0.05) is 23.2 Å². The molecule has 1 aromatic heterocycles. The largest absolute Gasteiger partial charge is 0.377 e. The van der Waals surface area contributed by atoms with Crippen LogP contribution in [0.3, 0.4) is 0 Å². The molecule has 0 spiro atoms. The van der Waals surface area contributed by atoms with Crippen molar-refractivity contribution in [3.63, 3.8) is 0 Å². The molecule has 0 N–H and O–H groups in total. The Morgan fingerprint density at radius 1 is 1.31 bits per heavy atom. The molecule has 2 rings (SSSR count). The molecule has 0 saturated heterocycles. The molecule has 86 valence electrons. The van der Waals surface area contributed by atoms with Crippen molar-refractivity contribution in [1.82, 2.24) is 0 Å². The fraction of sp³-hybridized carbons (Fsp3) is 0.333. The number of halogens is 2. The summed E-state index contributed by atoms with van der Waals surface area (Å²) in [6.07, 6.45) is 0. The van der Waals surface area contributed by atoms with Crippen LogP contribution in [-0.2, 0) is 11.3 Å². The maximum absolute atomic E-state index is 6.24. The third kappa shape index (κ3) is 2.07. The van der Waals surface area contributed by atoms with Gasteiger partial charge in [0.1, 0.15) is 0 Å². The fourth-order valence-electron chi connectivity index (χ4n) is 1.68. The molecule has 0 radical (unpaired) electrons. The maximum atomic E-state index is 6.24. The molecule has 4 heteroatoms. The topological polar surface area (TPSA) is 9.23 Å². The molecule has 0 aliphatic carbocycles. The minimum absolute atomic E-state index is 0.600. The van der Waals surface area contributed by atoms with Gasteiger partial charge in [0.05, 0.1) is 16.7 Å². The molecule has 0 atom stereocenters. The van der Waals surface area contributed by atoms with Crippen LogP contribution in [-0.4, -0.2) is 6.61 Å². The van der Waals surface area contributed by atoms with E-state index in [9.17, 15) is 0 Å². The van der Waals surface area contributed by atoms with Gasteiger partial charge < -0.3 is 4.74 Å². The van der Waals surface area contributed by atoms with E-state index in [2.05, 4.69) is 6.92 Å². The lowest BCUT2D eigenvalue weighted by Crippen LogP contribution is -1.92. The summed E-state index contributed by atoms with van der Waals surface area (Å²) in [7, 11) is 0. The Kier molecular flexibility index (Phi) is 3.75. The third-order valence-corrected chi connectivity index (χ3v) is 4.41. The molecule has 0 bridgehead atoms. The van der Waals surface area contributed by atoms with E-state index in [0.717, 1.165) is 10.9 Å². The van der Waals surface area contributed by atoms with E-state index in [0.29, 0.717) is 23.3 Å². The van der Waals surface area contributed by atoms with Gasteiger partial charge in [0.2, 0.25) is 0 Å². The van der Waals surface area contributed by atoms with E-state index in [1.165, 1.54) is 9.58 Å². The van der Waals surface area contributed by atoms with E-state index in [4.69, 9.17) is 27.9 Å². The molecular formula is C12H12Cl2OS. The lowest BCUT2D eigenvalue weighted by Gasteiger charge is -2.04. The van der Waals surface area contributed by atoms with Crippen LogP contribution in [0.1, 0.15) is 17.4 Å². The molecule has 0 amide bonds. The summed E-state index contributed by atoms with van der Waals surface area (Å²) in [6, 6.07) is 3.85. The Bertz CT molecular complexity index is 519. The normalized spacial score (nSPS) is 11.2. The number of ether oxygens (including phenoxy) is 1. The molecule has 1 nitrogen and oxygen atoms in total. The zero-order valence-corrected chi connectivity index (χ0v) is 11.5. The summed E-state index contributed by atoms with van der Waals surface area (Å²) in [5.74, 6) is 0. The van der Waals surface area contributed by atoms with Crippen LogP contribution in [0, 0.1) is 6.92 Å². The second-order valence-corrected chi connectivity index (χ2v) is 5.55. The van der Waals surface area contributed by atoms with Crippen molar-refractivity contribution in [3.05, 3.63) is 32.6 Å². The highest BCUT2D eigenvalue weighted by atomic mass is 35.5. The highest BCUT2D eigenvalue weighted by molar-refractivity contribution is 7.19. The number of benzene rings is 1. The third-order valence-electron chi connectivity index (χ3n) is 2.50. The average Bonchev–Trinajstić information content (AvgIpc) is 2.58. The highest BCUT2D eigenvalue weighted by Gasteiger charge is 2.14. The van der Waals surface area contributed by atoms with Gasteiger partial charge in [0, 0.05) is 27.1 Å². The highest BCUT2D eigenvalue weighted by Crippen LogP contribution is 2.39. The maximum Gasteiger partial charge on any atom is 0.0734 e. The zero-order valence-electron chi connectivity index (χ0n) is 9.14. The Morgan fingerprint density at radius 3 is 2.75 bits per heavy atom. The minimum Gasteiger partial charge on any atom is -0.377 e.